The van der Waals surface area contributed by atoms with Gasteiger partial charge in [0.05, 0.1) is 18.8 Å². The topological polar surface area (TPSA) is 58.4 Å². The minimum absolute atomic E-state index is 0.0155. The van der Waals surface area contributed by atoms with E-state index in [1.165, 1.54) is 5.57 Å². The molecule has 0 spiro atoms. The van der Waals surface area contributed by atoms with Gasteiger partial charge < -0.3 is 10.0 Å². The third-order valence-corrected chi connectivity index (χ3v) is 3.87. The average molecular weight is 277 g/mol. The Morgan fingerprint density at radius 2 is 2.30 bits per heavy atom. The quantitative estimate of drug-likeness (QED) is 0.861. The summed E-state index contributed by atoms with van der Waals surface area (Å²) in [5.41, 5.74) is 3.13. The highest BCUT2D eigenvalue weighted by Gasteiger charge is 2.23. The lowest BCUT2D eigenvalue weighted by atomic mass is 10.1. The number of allylic oxidation sites excluding steroid dienone is 1. The SMILES string of the molecule is CCn1nccc1CN(CCO)C(=O)C1=C(C)CCC1. The monoisotopic (exact) mass is 277 g/mol. The van der Waals surface area contributed by atoms with Crippen LogP contribution in [0, 0.1) is 0 Å². The zero-order chi connectivity index (χ0) is 14.5. The molecule has 0 bridgehead atoms. The summed E-state index contributed by atoms with van der Waals surface area (Å²) in [5, 5.41) is 13.4. The van der Waals surface area contributed by atoms with Gasteiger partial charge in [0.1, 0.15) is 0 Å². The van der Waals surface area contributed by atoms with E-state index in [9.17, 15) is 9.90 Å². The van der Waals surface area contributed by atoms with E-state index in [4.69, 9.17) is 0 Å². The first-order valence-corrected chi connectivity index (χ1v) is 7.26. The van der Waals surface area contributed by atoms with Gasteiger partial charge in [-0.15, -0.1) is 0 Å². The maximum Gasteiger partial charge on any atom is 0.250 e. The highest BCUT2D eigenvalue weighted by Crippen LogP contribution is 2.27. The molecule has 0 atom stereocenters. The van der Waals surface area contributed by atoms with Crippen molar-refractivity contribution in [3.05, 3.63) is 29.1 Å². The van der Waals surface area contributed by atoms with Crippen LogP contribution in [-0.4, -0.2) is 38.8 Å². The van der Waals surface area contributed by atoms with E-state index in [1.807, 2.05) is 24.6 Å². The van der Waals surface area contributed by atoms with E-state index in [1.54, 1.807) is 11.1 Å². The van der Waals surface area contributed by atoms with Crippen molar-refractivity contribution >= 4 is 5.91 Å². The summed E-state index contributed by atoms with van der Waals surface area (Å²) in [6.45, 7) is 5.70. The van der Waals surface area contributed by atoms with Crippen LogP contribution in [0.25, 0.3) is 0 Å². The Hall–Kier alpha value is -1.62. The van der Waals surface area contributed by atoms with Crippen molar-refractivity contribution in [3.8, 4) is 0 Å². The van der Waals surface area contributed by atoms with Crippen molar-refractivity contribution < 1.29 is 9.90 Å². The first-order valence-electron chi connectivity index (χ1n) is 7.26. The molecule has 1 amide bonds. The molecule has 0 radical (unpaired) electrons. The molecule has 5 heteroatoms. The number of nitrogens with zero attached hydrogens (tertiary/aromatic N) is 3. The molecule has 1 N–H and O–H groups in total. The number of carbonyl (C=O) groups excluding carboxylic acids is 1. The van der Waals surface area contributed by atoms with Crippen molar-refractivity contribution in [2.45, 2.75) is 46.2 Å². The van der Waals surface area contributed by atoms with Crippen LogP contribution < -0.4 is 0 Å². The Morgan fingerprint density at radius 1 is 1.50 bits per heavy atom. The van der Waals surface area contributed by atoms with Gasteiger partial charge in [-0.1, -0.05) is 5.57 Å². The molecule has 20 heavy (non-hydrogen) atoms. The predicted molar refractivity (Wildman–Crippen MR) is 77.0 cm³/mol. The fourth-order valence-electron chi connectivity index (χ4n) is 2.72. The molecule has 0 saturated heterocycles. The molecule has 1 aromatic rings. The minimum atomic E-state index is -0.0155. The van der Waals surface area contributed by atoms with Crippen molar-refractivity contribution in [2.24, 2.45) is 0 Å². The third-order valence-electron chi connectivity index (χ3n) is 3.87. The fraction of sp³-hybridized carbons (Fsp3) is 0.600. The van der Waals surface area contributed by atoms with Crippen molar-refractivity contribution in [1.29, 1.82) is 0 Å². The highest BCUT2D eigenvalue weighted by atomic mass is 16.3. The molecular weight excluding hydrogens is 254 g/mol. The van der Waals surface area contributed by atoms with E-state index in [0.29, 0.717) is 13.1 Å². The van der Waals surface area contributed by atoms with Gasteiger partial charge in [0.2, 0.25) is 5.91 Å². The molecule has 0 saturated carbocycles. The van der Waals surface area contributed by atoms with Crippen LogP contribution in [0.3, 0.4) is 0 Å². The average Bonchev–Trinajstić information content (AvgIpc) is 3.06. The van der Waals surface area contributed by atoms with E-state index in [0.717, 1.165) is 37.1 Å². The molecule has 0 aromatic carbocycles. The van der Waals surface area contributed by atoms with E-state index < -0.39 is 0 Å². The molecule has 0 fully saturated rings. The maximum atomic E-state index is 12.6. The second kappa shape index (κ2) is 6.70. The Morgan fingerprint density at radius 3 is 2.90 bits per heavy atom. The predicted octanol–water partition coefficient (Wildman–Crippen LogP) is 1.72. The van der Waals surface area contributed by atoms with Gasteiger partial charge in [0, 0.05) is 24.9 Å². The summed E-state index contributed by atoms with van der Waals surface area (Å²) in [6.07, 6.45) is 4.69. The smallest absolute Gasteiger partial charge is 0.250 e. The Labute approximate surface area is 119 Å². The van der Waals surface area contributed by atoms with Crippen LogP contribution in [0.4, 0.5) is 0 Å². The van der Waals surface area contributed by atoms with Crippen LogP contribution in [0.2, 0.25) is 0 Å². The summed E-state index contributed by atoms with van der Waals surface area (Å²) >= 11 is 0. The Balaban J connectivity index is 2.15. The number of rotatable bonds is 6. The standard InChI is InChI=1S/C15H23N3O2/c1-3-18-13(7-8-16-18)11-17(9-10-19)15(20)14-6-4-5-12(14)2/h7-8,19H,3-6,9-11H2,1-2H3. The third kappa shape index (κ3) is 3.10. The summed E-state index contributed by atoms with van der Waals surface area (Å²) < 4.78 is 1.88. The molecule has 1 heterocycles. The summed E-state index contributed by atoms with van der Waals surface area (Å²) in [4.78, 5) is 14.3. The lowest BCUT2D eigenvalue weighted by molar-refractivity contribution is -0.128. The minimum Gasteiger partial charge on any atom is -0.395 e. The maximum absolute atomic E-state index is 12.6. The molecule has 1 aliphatic carbocycles. The number of aromatic nitrogens is 2. The van der Waals surface area contributed by atoms with Gasteiger partial charge in [0.25, 0.3) is 0 Å². The number of carbonyl (C=O) groups is 1. The fourth-order valence-corrected chi connectivity index (χ4v) is 2.72. The Bertz CT molecular complexity index is 505. The number of hydrogen-bond donors (Lipinski definition) is 1. The van der Waals surface area contributed by atoms with E-state index >= 15 is 0 Å². The molecule has 5 nitrogen and oxygen atoms in total. The van der Waals surface area contributed by atoms with Gasteiger partial charge in [-0.3, -0.25) is 9.48 Å². The van der Waals surface area contributed by atoms with Crippen molar-refractivity contribution in [2.75, 3.05) is 13.2 Å². The molecule has 0 unspecified atom stereocenters. The normalized spacial score (nSPS) is 14.9. The highest BCUT2D eigenvalue weighted by molar-refractivity contribution is 5.94. The zero-order valence-corrected chi connectivity index (χ0v) is 12.3. The van der Waals surface area contributed by atoms with Gasteiger partial charge in [0.15, 0.2) is 0 Å². The van der Waals surface area contributed by atoms with Crippen LogP contribution >= 0.6 is 0 Å². The summed E-state index contributed by atoms with van der Waals surface area (Å²) in [6, 6.07) is 1.93. The first-order chi connectivity index (χ1) is 9.67. The van der Waals surface area contributed by atoms with Gasteiger partial charge in [-0.05, 0) is 39.2 Å². The van der Waals surface area contributed by atoms with Gasteiger partial charge in [-0.2, -0.15) is 5.10 Å². The second-order valence-corrected chi connectivity index (χ2v) is 5.20. The number of aliphatic hydroxyl groups excluding tert-OH is 1. The largest absolute Gasteiger partial charge is 0.395 e. The number of aryl methyl sites for hydroxylation is 1. The molecule has 1 aliphatic rings. The molecule has 1 aromatic heterocycles. The van der Waals surface area contributed by atoms with Gasteiger partial charge >= 0.3 is 0 Å². The van der Waals surface area contributed by atoms with Crippen LogP contribution in [-0.2, 0) is 17.9 Å². The summed E-state index contributed by atoms with van der Waals surface area (Å²) in [7, 11) is 0. The van der Waals surface area contributed by atoms with Crippen molar-refractivity contribution in [1.82, 2.24) is 14.7 Å². The van der Waals surface area contributed by atoms with Crippen LogP contribution in [0.15, 0.2) is 23.4 Å². The van der Waals surface area contributed by atoms with E-state index in [-0.39, 0.29) is 12.5 Å². The van der Waals surface area contributed by atoms with Crippen LogP contribution in [0.1, 0.15) is 38.8 Å². The number of amides is 1. The van der Waals surface area contributed by atoms with Crippen LogP contribution in [0.5, 0.6) is 0 Å². The second-order valence-electron chi connectivity index (χ2n) is 5.20. The first kappa shape index (κ1) is 14.8. The number of aliphatic hydroxyl groups is 1. The molecule has 0 aliphatic heterocycles. The lowest BCUT2D eigenvalue weighted by Gasteiger charge is -2.23. The lowest BCUT2D eigenvalue weighted by Crippen LogP contribution is -2.34. The number of hydrogen-bond acceptors (Lipinski definition) is 3. The molecule has 110 valence electrons. The Kier molecular flexibility index (Phi) is 4.95. The molecular formula is C15H23N3O2. The van der Waals surface area contributed by atoms with E-state index in [2.05, 4.69) is 5.10 Å². The zero-order valence-electron chi connectivity index (χ0n) is 12.3. The summed E-state index contributed by atoms with van der Waals surface area (Å²) in [5.74, 6) is 0.0675. The molecule has 2 rings (SSSR count). The van der Waals surface area contributed by atoms with Gasteiger partial charge in [-0.25, -0.2) is 0 Å². The van der Waals surface area contributed by atoms with Crippen molar-refractivity contribution in [3.63, 3.8) is 0 Å².